The van der Waals surface area contributed by atoms with Crippen molar-refractivity contribution in [3.05, 3.63) is 76.8 Å². The first-order valence-electron chi connectivity index (χ1n) is 14.9. The van der Waals surface area contributed by atoms with Crippen molar-refractivity contribution in [2.24, 2.45) is 28.6 Å². The maximum atomic E-state index is 14.1. The molecule has 0 bridgehead atoms. The second kappa shape index (κ2) is 9.62. The molecular weight excluding hydrogens is 555 g/mol. The molecule has 0 unspecified atom stereocenters. The summed E-state index contributed by atoms with van der Waals surface area (Å²) in [5.41, 5.74) is 0.894. The summed E-state index contributed by atoms with van der Waals surface area (Å²) in [6.45, 7) is 3.65. The summed E-state index contributed by atoms with van der Waals surface area (Å²) in [7, 11) is 0. The number of carboxylic acids is 1. The number of rotatable bonds is 5. The van der Waals surface area contributed by atoms with E-state index in [2.05, 4.69) is 18.1 Å². The fourth-order valence-corrected chi connectivity index (χ4v) is 9.36. The third kappa shape index (κ3) is 3.85. The van der Waals surface area contributed by atoms with E-state index in [1.54, 1.807) is 22.9 Å². The number of hydrogen-bond acceptors (Lipinski definition) is 7. The number of aromatic nitrogens is 2. The van der Waals surface area contributed by atoms with E-state index in [0.29, 0.717) is 18.5 Å². The minimum absolute atomic E-state index is 0.0419. The standard InChI is InChI=1S/C33H35FN2O7/c1-31-14-19-16-35-36(21-6-8-24(34)18(12-21)17-37)25(19)13-20(31)5-7-22-23-9-10-33(30(40)41,32(23,2)15-26(38)28(22)31)43-29(39)27-4-3-11-42-27/h3-4,6,8,11-13,16,22-23,26,28,37-38H,5,7,9-10,14-15,17H2,1-2H3,(H,40,41)/t22-,23-,26-,28+,31-,32-,33-/m0/s1. The maximum Gasteiger partial charge on any atom is 0.375 e. The van der Waals surface area contributed by atoms with Crippen molar-refractivity contribution in [1.29, 1.82) is 0 Å². The molecule has 2 heterocycles. The first-order valence-corrected chi connectivity index (χ1v) is 14.9. The van der Waals surface area contributed by atoms with Gasteiger partial charge in [0.15, 0.2) is 0 Å². The maximum absolute atomic E-state index is 14.1. The Labute approximate surface area is 248 Å². The Morgan fingerprint density at radius 3 is 2.77 bits per heavy atom. The molecule has 0 aliphatic heterocycles. The number of halogens is 1. The zero-order valence-corrected chi connectivity index (χ0v) is 24.1. The number of hydrogen-bond donors (Lipinski definition) is 3. The van der Waals surface area contributed by atoms with Gasteiger partial charge in [-0.05, 0) is 104 Å². The molecular formula is C33H35FN2O7. The number of carbonyl (C=O) groups excluding carboxylic acids is 1. The van der Waals surface area contributed by atoms with Gasteiger partial charge in [-0.15, -0.1) is 0 Å². The number of aliphatic hydroxyl groups is 2. The fourth-order valence-electron chi connectivity index (χ4n) is 9.36. The summed E-state index contributed by atoms with van der Waals surface area (Å²) in [6, 6.07) is 7.59. The van der Waals surface area contributed by atoms with Crippen LogP contribution in [-0.4, -0.2) is 48.7 Å². The van der Waals surface area contributed by atoms with Crippen LogP contribution in [0.1, 0.15) is 73.3 Å². The molecule has 7 rings (SSSR count). The van der Waals surface area contributed by atoms with Gasteiger partial charge in [0.25, 0.3) is 0 Å². The van der Waals surface area contributed by atoms with Crippen LogP contribution in [0.4, 0.5) is 4.39 Å². The molecule has 10 heteroatoms. The number of esters is 1. The van der Waals surface area contributed by atoms with E-state index in [4.69, 9.17) is 9.15 Å². The molecule has 226 valence electrons. The van der Waals surface area contributed by atoms with Crippen molar-refractivity contribution in [3.8, 4) is 5.69 Å². The van der Waals surface area contributed by atoms with E-state index in [-0.39, 0.29) is 47.3 Å². The second-order valence-electron chi connectivity index (χ2n) is 13.2. The van der Waals surface area contributed by atoms with Crippen LogP contribution < -0.4 is 0 Å². The molecule has 1 aromatic carbocycles. The number of benzene rings is 1. The Balaban J connectivity index is 1.22. The van der Waals surface area contributed by atoms with Crippen molar-refractivity contribution < 1.29 is 38.5 Å². The molecule has 3 N–H and O–H groups in total. The fraction of sp³-hybridized carbons (Fsp3) is 0.485. The van der Waals surface area contributed by atoms with E-state index in [1.807, 2.05) is 13.1 Å². The predicted octanol–water partition coefficient (Wildman–Crippen LogP) is 4.93. The van der Waals surface area contributed by atoms with Gasteiger partial charge in [0.05, 0.1) is 36.6 Å². The van der Waals surface area contributed by atoms with Crippen molar-refractivity contribution in [1.82, 2.24) is 9.78 Å². The van der Waals surface area contributed by atoms with Gasteiger partial charge in [0.2, 0.25) is 11.4 Å². The Kier molecular flexibility index (Phi) is 6.27. The number of allylic oxidation sites excluding steroid dienone is 1. The lowest BCUT2D eigenvalue weighted by Gasteiger charge is -2.60. The molecule has 7 atom stereocenters. The molecule has 0 spiro atoms. The normalized spacial score (nSPS) is 34.4. The van der Waals surface area contributed by atoms with E-state index in [0.717, 1.165) is 24.1 Å². The average molecular weight is 591 g/mol. The minimum Gasteiger partial charge on any atom is -0.478 e. The summed E-state index contributed by atoms with van der Waals surface area (Å²) >= 11 is 0. The van der Waals surface area contributed by atoms with Crippen molar-refractivity contribution in [3.63, 3.8) is 0 Å². The minimum atomic E-state index is -1.77. The molecule has 43 heavy (non-hydrogen) atoms. The van der Waals surface area contributed by atoms with Gasteiger partial charge < -0.3 is 24.5 Å². The van der Waals surface area contributed by atoms with Gasteiger partial charge in [-0.1, -0.05) is 19.4 Å². The third-order valence-electron chi connectivity index (χ3n) is 11.3. The second-order valence-corrected chi connectivity index (χ2v) is 13.2. The molecule has 4 aliphatic rings. The number of carbonyl (C=O) groups is 2. The number of fused-ring (bicyclic) bond motifs is 6. The number of nitrogens with zero attached hydrogens (tertiary/aromatic N) is 2. The number of aliphatic carboxylic acids is 1. The van der Waals surface area contributed by atoms with Crippen molar-refractivity contribution in [2.75, 3.05) is 0 Å². The molecule has 2 aromatic heterocycles. The molecule has 0 radical (unpaired) electrons. The van der Waals surface area contributed by atoms with Crippen LogP contribution in [0.15, 0.2) is 52.8 Å². The highest BCUT2D eigenvalue weighted by molar-refractivity contribution is 5.90. The average Bonchev–Trinajstić information content (AvgIpc) is 3.70. The molecule has 3 aromatic rings. The van der Waals surface area contributed by atoms with Gasteiger partial charge in [-0.2, -0.15) is 5.10 Å². The highest BCUT2D eigenvalue weighted by Crippen LogP contribution is 2.68. The van der Waals surface area contributed by atoms with Crippen LogP contribution >= 0.6 is 0 Å². The first-order chi connectivity index (χ1) is 20.5. The topological polar surface area (TPSA) is 135 Å². The number of aliphatic hydroxyl groups excluding tert-OH is 2. The van der Waals surface area contributed by atoms with Crippen LogP contribution in [0, 0.1) is 34.4 Å². The van der Waals surface area contributed by atoms with Crippen molar-refractivity contribution >= 4 is 18.0 Å². The Bertz CT molecular complexity index is 1650. The monoisotopic (exact) mass is 590 g/mol. The van der Waals surface area contributed by atoms with E-state index in [1.165, 1.54) is 24.0 Å². The van der Waals surface area contributed by atoms with Gasteiger partial charge in [-0.3, -0.25) is 0 Å². The first kappa shape index (κ1) is 28.0. The largest absolute Gasteiger partial charge is 0.478 e. The van der Waals surface area contributed by atoms with Crippen molar-refractivity contribution in [2.45, 2.75) is 70.7 Å². The Morgan fingerprint density at radius 2 is 2.05 bits per heavy atom. The quantitative estimate of drug-likeness (QED) is 0.356. The van der Waals surface area contributed by atoms with Gasteiger partial charge in [0.1, 0.15) is 5.82 Å². The zero-order chi connectivity index (χ0) is 30.3. The summed E-state index contributed by atoms with van der Waals surface area (Å²) in [4.78, 5) is 25.9. The molecule has 3 saturated carbocycles. The van der Waals surface area contributed by atoms with Crippen LogP contribution in [0.2, 0.25) is 0 Å². The molecule has 9 nitrogen and oxygen atoms in total. The summed E-state index contributed by atoms with van der Waals surface area (Å²) < 4.78 is 26.9. The number of ether oxygens (including phenoxy) is 1. The van der Waals surface area contributed by atoms with Crippen LogP contribution in [0.25, 0.3) is 11.8 Å². The molecule has 0 saturated heterocycles. The SMILES string of the molecule is C[C@]12Cc3cnn(-c4ccc(F)c(CO)c4)c3C=C1CC[C@@H]1[C@@H]2[C@@H](O)C[C@@]2(C)[C@H]1CC[C@]2(OC(=O)c1ccco1)C(=O)O. The highest BCUT2D eigenvalue weighted by Gasteiger charge is 2.71. The lowest BCUT2D eigenvalue weighted by molar-refractivity contribution is -0.195. The summed E-state index contributed by atoms with van der Waals surface area (Å²) in [6.07, 6.45) is 7.67. The lowest BCUT2D eigenvalue weighted by atomic mass is 9.45. The van der Waals surface area contributed by atoms with Crippen LogP contribution in [0.3, 0.4) is 0 Å². The van der Waals surface area contributed by atoms with Crippen LogP contribution in [0.5, 0.6) is 0 Å². The van der Waals surface area contributed by atoms with E-state index >= 15 is 0 Å². The van der Waals surface area contributed by atoms with E-state index in [9.17, 15) is 29.3 Å². The lowest BCUT2D eigenvalue weighted by Crippen LogP contribution is -2.63. The summed E-state index contributed by atoms with van der Waals surface area (Å²) in [5.74, 6) is -2.64. The zero-order valence-electron chi connectivity index (χ0n) is 24.1. The molecule has 0 amide bonds. The van der Waals surface area contributed by atoms with E-state index < -0.39 is 41.5 Å². The molecule has 3 fully saturated rings. The highest BCUT2D eigenvalue weighted by atomic mass is 19.1. The smallest absolute Gasteiger partial charge is 0.375 e. The molecule has 4 aliphatic carbocycles. The van der Waals surface area contributed by atoms with Gasteiger partial charge >= 0.3 is 11.9 Å². The van der Waals surface area contributed by atoms with Crippen LogP contribution in [-0.2, 0) is 22.6 Å². The summed E-state index contributed by atoms with van der Waals surface area (Å²) in [5, 5.41) is 36.6. The van der Waals surface area contributed by atoms with Gasteiger partial charge in [0, 0.05) is 11.0 Å². The predicted molar refractivity (Wildman–Crippen MR) is 151 cm³/mol. The Hall–Kier alpha value is -3.76. The van der Waals surface area contributed by atoms with Gasteiger partial charge in [-0.25, -0.2) is 18.7 Å². The Morgan fingerprint density at radius 1 is 1.23 bits per heavy atom. The third-order valence-corrected chi connectivity index (χ3v) is 11.3. The number of carboxylic acid groups (broad SMARTS) is 1. The number of furan rings is 1.